The van der Waals surface area contributed by atoms with E-state index >= 15 is 0 Å². The Morgan fingerprint density at radius 3 is 1.94 bits per heavy atom. The van der Waals surface area contributed by atoms with Gasteiger partial charge < -0.3 is 34.5 Å². The Balaban J connectivity index is 2.77. The zero-order chi connectivity index (χ0) is 14.1. The summed E-state index contributed by atoms with van der Waals surface area (Å²) in [4.78, 5) is 34.2. The minimum absolute atomic E-state index is 0.589. The number of ether oxygens (including phenoxy) is 1. The molecular weight excluding hydrogens is 298 g/mol. The lowest BCUT2D eigenvalue weighted by Crippen LogP contribution is -2.54. The second-order valence-corrected chi connectivity index (χ2v) is 5.79. The van der Waals surface area contributed by atoms with E-state index < -0.39 is 46.9 Å². The van der Waals surface area contributed by atoms with Gasteiger partial charge >= 0.3 is 15.6 Å². The summed E-state index contributed by atoms with van der Waals surface area (Å²) in [7, 11) is -9.98. The van der Waals surface area contributed by atoms with E-state index in [4.69, 9.17) is 19.6 Å². The van der Waals surface area contributed by atoms with Crippen LogP contribution in [-0.2, 0) is 22.9 Å². The molecule has 1 unspecified atom stereocenters. The van der Waals surface area contributed by atoms with Crippen molar-refractivity contribution in [3.63, 3.8) is 0 Å². The van der Waals surface area contributed by atoms with Gasteiger partial charge in [0.15, 0.2) is 6.29 Å². The molecule has 1 saturated heterocycles. The Bertz CT molecular complexity index is 372. The van der Waals surface area contributed by atoms with Gasteiger partial charge in [0, 0.05) is 0 Å². The van der Waals surface area contributed by atoms with Crippen molar-refractivity contribution < 1.29 is 52.7 Å². The van der Waals surface area contributed by atoms with Crippen LogP contribution in [0.4, 0.5) is 0 Å². The summed E-state index contributed by atoms with van der Waals surface area (Å²) in [6, 6.07) is 0. The maximum atomic E-state index is 10.6. The molecule has 6 N–H and O–H groups in total. The highest BCUT2D eigenvalue weighted by Crippen LogP contribution is 2.43. The maximum absolute atomic E-state index is 10.6. The van der Waals surface area contributed by atoms with Gasteiger partial charge in [-0.3, -0.25) is 9.05 Å². The lowest BCUT2D eigenvalue weighted by atomic mass is 10.1. The molecule has 0 radical (unpaired) electrons. The highest BCUT2D eigenvalue weighted by Gasteiger charge is 2.45. The molecule has 4 atom stereocenters. The van der Waals surface area contributed by atoms with Crippen molar-refractivity contribution in [2.24, 2.45) is 0 Å². The highest BCUT2D eigenvalue weighted by molar-refractivity contribution is 7.46. The van der Waals surface area contributed by atoms with Crippen molar-refractivity contribution in [1.82, 2.24) is 0 Å². The first kappa shape index (κ1) is 16.2. The monoisotopic (exact) mass is 310 g/mol. The molecule has 1 rings (SSSR count). The van der Waals surface area contributed by atoms with Crippen LogP contribution >= 0.6 is 15.6 Å². The number of aliphatic hydroxyl groups excluding tert-OH is 2. The van der Waals surface area contributed by atoms with E-state index in [1.54, 1.807) is 0 Å². The molecule has 0 bridgehead atoms. The first-order valence-electron chi connectivity index (χ1n) is 4.45. The van der Waals surface area contributed by atoms with Crippen LogP contribution in [0.25, 0.3) is 0 Å². The predicted molar refractivity (Wildman–Crippen MR) is 51.8 cm³/mol. The molecule has 1 aliphatic rings. The van der Waals surface area contributed by atoms with Gasteiger partial charge in [0.05, 0.1) is 6.61 Å². The Kier molecular flexibility index (Phi) is 5.04. The van der Waals surface area contributed by atoms with Crippen LogP contribution in [0.5, 0.6) is 0 Å². The third-order valence-electron chi connectivity index (χ3n) is 1.96. The van der Waals surface area contributed by atoms with Gasteiger partial charge in [-0.1, -0.05) is 0 Å². The van der Waals surface area contributed by atoms with Gasteiger partial charge in [0.1, 0.15) is 18.3 Å². The second kappa shape index (κ2) is 5.61. The SMILES string of the molecule is O=P(O)(O)O[C@@H]1COC(O)[C@H](OP(=O)(O)O)[C@@H]1O. The summed E-state index contributed by atoms with van der Waals surface area (Å²) in [5.41, 5.74) is 0. The molecule has 0 aromatic carbocycles. The average molecular weight is 310 g/mol. The minimum Gasteiger partial charge on any atom is -0.387 e. The topological polar surface area (TPSA) is 183 Å². The van der Waals surface area contributed by atoms with Crippen LogP contribution in [-0.4, -0.2) is 61.0 Å². The predicted octanol–water partition coefficient (Wildman–Crippen LogP) is -2.35. The average Bonchev–Trinajstić information content (AvgIpc) is 2.14. The van der Waals surface area contributed by atoms with Crippen molar-refractivity contribution in [3.05, 3.63) is 0 Å². The van der Waals surface area contributed by atoms with Crippen molar-refractivity contribution in [2.45, 2.75) is 24.6 Å². The molecular formula is C5H12O11P2. The molecule has 11 nitrogen and oxygen atoms in total. The molecule has 108 valence electrons. The van der Waals surface area contributed by atoms with E-state index in [-0.39, 0.29) is 0 Å². The molecule has 0 amide bonds. The fourth-order valence-electron chi connectivity index (χ4n) is 1.31. The van der Waals surface area contributed by atoms with E-state index in [9.17, 15) is 19.3 Å². The van der Waals surface area contributed by atoms with E-state index in [0.29, 0.717) is 0 Å². The van der Waals surface area contributed by atoms with Crippen LogP contribution in [0.2, 0.25) is 0 Å². The lowest BCUT2D eigenvalue weighted by molar-refractivity contribution is -0.245. The summed E-state index contributed by atoms with van der Waals surface area (Å²) in [5.74, 6) is 0. The van der Waals surface area contributed by atoms with Gasteiger partial charge in [-0.15, -0.1) is 0 Å². The smallest absolute Gasteiger partial charge is 0.387 e. The molecule has 13 heteroatoms. The molecule has 1 heterocycles. The molecule has 0 spiro atoms. The van der Waals surface area contributed by atoms with Crippen LogP contribution in [0.1, 0.15) is 0 Å². The molecule has 0 saturated carbocycles. The number of hydrogen-bond donors (Lipinski definition) is 6. The van der Waals surface area contributed by atoms with Gasteiger partial charge in [-0.25, -0.2) is 9.13 Å². The van der Waals surface area contributed by atoms with Crippen molar-refractivity contribution in [3.8, 4) is 0 Å². The second-order valence-electron chi connectivity index (χ2n) is 3.41. The van der Waals surface area contributed by atoms with Crippen LogP contribution < -0.4 is 0 Å². The Hall–Kier alpha value is 0.1000. The fourth-order valence-corrected chi connectivity index (χ4v) is 2.39. The quantitative estimate of drug-likeness (QED) is 0.305. The Labute approximate surface area is 100 Å². The zero-order valence-electron chi connectivity index (χ0n) is 8.64. The number of hydrogen-bond acceptors (Lipinski definition) is 7. The van der Waals surface area contributed by atoms with Gasteiger partial charge in [0.25, 0.3) is 0 Å². The Morgan fingerprint density at radius 1 is 1.00 bits per heavy atom. The van der Waals surface area contributed by atoms with Crippen molar-refractivity contribution >= 4 is 15.6 Å². The molecule has 0 aromatic rings. The van der Waals surface area contributed by atoms with Crippen LogP contribution in [0.3, 0.4) is 0 Å². The van der Waals surface area contributed by atoms with Crippen molar-refractivity contribution in [1.29, 1.82) is 0 Å². The third-order valence-corrected chi connectivity index (χ3v) is 3.03. The summed E-state index contributed by atoms with van der Waals surface area (Å²) in [5, 5.41) is 18.8. The van der Waals surface area contributed by atoms with Crippen molar-refractivity contribution in [2.75, 3.05) is 6.61 Å². The van der Waals surface area contributed by atoms with E-state index in [1.165, 1.54) is 0 Å². The van der Waals surface area contributed by atoms with Gasteiger partial charge in [-0.05, 0) is 0 Å². The van der Waals surface area contributed by atoms with E-state index in [0.717, 1.165) is 0 Å². The number of rotatable bonds is 4. The lowest BCUT2D eigenvalue weighted by Gasteiger charge is -2.36. The minimum atomic E-state index is -5.04. The summed E-state index contributed by atoms with van der Waals surface area (Å²) >= 11 is 0. The van der Waals surface area contributed by atoms with E-state index in [1.807, 2.05) is 0 Å². The number of phosphoric acid groups is 2. The molecule has 0 aromatic heterocycles. The van der Waals surface area contributed by atoms with Crippen LogP contribution in [0, 0.1) is 0 Å². The summed E-state index contributed by atoms with van der Waals surface area (Å²) in [6.07, 6.45) is -7.28. The first-order valence-corrected chi connectivity index (χ1v) is 7.51. The van der Waals surface area contributed by atoms with Crippen LogP contribution in [0.15, 0.2) is 0 Å². The largest absolute Gasteiger partial charge is 0.470 e. The first-order chi connectivity index (χ1) is 7.99. The van der Waals surface area contributed by atoms with Gasteiger partial charge in [0.2, 0.25) is 0 Å². The third kappa shape index (κ3) is 5.00. The number of aliphatic hydroxyl groups is 2. The van der Waals surface area contributed by atoms with E-state index in [2.05, 4.69) is 13.8 Å². The standard InChI is InChI=1S/C5H12O11P2/c6-3-2(15-17(8,9)10)1-14-5(7)4(3)16-18(11,12)13/h2-7H,1H2,(H2,8,9,10)(H2,11,12,13)/t2-,3-,4-,5?/m1/s1. The molecule has 1 aliphatic heterocycles. The molecule has 18 heavy (non-hydrogen) atoms. The zero-order valence-corrected chi connectivity index (χ0v) is 10.4. The molecule has 1 fully saturated rings. The highest BCUT2D eigenvalue weighted by atomic mass is 31.2. The Morgan fingerprint density at radius 2 is 1.50 bits per heavy atom. The number of phosphoric ester groups is 2. The van der Waals surface area contributed by atoms with Gasteiger partial charge in [-0.2, -0.15) is 0 Å². The normalized spacial score (nSPS) is 34.6. The fraction of sp³-hybridized carbons (Fsp3) is 1.00. The summed E-state index contributed by atoms with van der Waals surface area (Å²) < 4.78 is 33.9. The molecule has 0 aliphatic carbocycles. The summed E-state index contributed by atoms with van der Waals surface area (Å²) in [6.45, 7) is -0.589. The maximum Gasteiger partial charge on any atom is 0.470 e.